The van der Waals surface area contributed by atoms with Gasteiger partial charge in [-0.25, -0.2) is 0 Å². The first-order valence-corrected chi connectivity index (χ1v) is 10.1. The van der Waals surface area contributed by atoms with Gasteiger partial charge in [0.05, 0.1) is 7.05 Å². The average Bonchev–Trinajstić information content (AvgIpc) is 3.39. The molecule has 31 heavy (non-hydrogen) atoms. The molecular weight excluding hydrogens is 392 g/mol. The largest absolute Gasteiger partial charge is 0.490 e. The lowest BCUT2D eigenvalue weighted by molar-refractivity contribution is -0.909. The molecule has 7 heteroatoms. The molecule has 0 fully saturated rings. The quantitative estimate of drug-likeness (QED) is 0.420. The fourth-order valence-corrected chi connectivity index (χ4v) is 3.37. The Bertz CT molecular complexity index is 1130. The van der Waals surface area contributed by atoms with Gasteiger partial charge in [-0.05, 0) is 31.2 Å². The molecule has 0 amide bonds. The van der Waals surface area contributed by atoms with E-state index in [0.717, 1.165) is 23.4 Å². The Balaban J connectivity index is 1.44. The summed E-state index contributed by atoms with van der Waals surface area (Å²) in [6.07, 6.45) is 1.73. The van der Waals surface area contributed by atoms with Crippen LogP contribution < -0.4 is 9.64 Å². The molecule has 2 aromatic carbocycles. The fraction of sp³-hybridized carbons (Fsp3) is 0.208. The number of hydrogen-bond acceptors (Lipinski definition) is 6. The second kappa shape index (κ2) is 9.40. The Kier molecular flexibility index (Phi) is 6.24. The highest BCUT2D eigenvalue weighted by Gasteiger charge is 2.22. The van der Waals surface area contributed by atoms with Crippen molar-refractivity contribution in [2.24, 2.45) is 0 Å². The first kappa shape index (κ1) is 20.6. The van der Waals surface area contributed by atoms with E-state index in [1.54, 1.807) is 6.08 Å². The first-order chi connectivity index (χ1) is 15.1. The summed E-state index contributed by atoms with van der Waals surface area (Å²) >= 11 is 0. The van der Waals surface area contributed by atoms with Crippen LogP contribution in [0.4, 0.5) is 0 Å². The average molecular weight is 417 g/mol. The van der Waals surface area contributed by atoms with E-state index in [4.69, 9.17) is 13.7 Å². The van der Waals surface area contributed by atoms with E-state index in [1.807, 2.05) is 49.4 Å². The molecule has 0 aliphatic heterocycles. The SMILES string of the molecule is C=CCOc1ccc(C[NH+](C)Cc2nnc(-c3c(-c4ccccc4)noc3C)o2)cc1. The highest BCUT2D eigenvalue weighted by Crippen LogP contribution is 2.33. The zero-order valence-electron chi connectivity index (χ0n) is 17.7. The zero-order valence-corrected chi connectivity index (χ0v) is 17.7. The molecule has 0 radical (unpaired) electrons. The topological polar surface area (TPSA) is 78.6 Å². The maximum absolute atomic E-state index is 5.97. The van der Waals surface area contributed by atoms with Gasteiger partial charge in [0.1, 0.15) is 35.9 Å². The highest BCUT2D eigenvalue weighted by atomic mass is 16.5. The third kappa shape index (κ3) is 4.90. The molecule has 7 nitrogen and oxygen atoms in total. The normalized spacial score (nSPS) is 11.9. The second-order valence-corrected chi connectivity index (χ2v) is 7.38. The van der Waals surface area contributed by atoms with Crippen molar-refractivity contribution in [1.82, 2.24) is 15.4 Å². The van der Waals surface area contributed by atoms with Crippen molar-refractivity contribution in [3.63, 3.8) is 0 Å². The number of aryl methyl sites for hydroxylation is 1. The molecule has 4 rings (SSSR count). The number of rotatable bonds is 9. The predicted octanol–water partition coefficient (Wildman–Crippen LogP) is 3.48. The summed E-state index contributed by atoms with van der Waals surface area (Å²) < 4.78 is 16.9. The Labute approximate surface area is 181 Å². The van der Waals surface area contributed by atoms with E-state index in [2.05, 4.69) is 41.1 Å². The van der Waals surface area contributed by atoms with Gasteiger partial charge in [0.2, 0.25) is 0 Å². The van der Waals surface area contributed by atoms with Crippen LogP contribution in [0, 0.1) is 6.92 Å². The summed E-state index contributed by atoms with van der Waals surface area (Å²) in [7, 11) is 2.09. The van der Waals surface area contributed by atoms with Crippen molar-refractivity contribution < 1.29 is 18.6 Å². The van der Waals surface area contributed by atoms with Gasteiger partial charge in [0.25, 0.3) is 11.8 Å². The number of nitrogens with zero attached hydrogens (tertiary/aromatic N) is 3. The number of quaternary nitrogens is 1. The Hall–Kier alpha value is -3.71. The van der Waals surface area contributed by atoms with Gasteiger partial charge >= 0.3 is 0 Å². The summed E-state index contributed by atoms with van der Waals surface area (Å²) in [4.78, 5) is 1.22. The number of hydrogen-bond donors (Lipinski definition) is 1. The number of benzene rings is 2. The number of nitrogens with one attached hydrogen (secondary N) is 1. The molecule has 2 heterocycles. The van der Waals surface area contributed by atoms with Crippen LogP contribution in [0.15, 0.2) is 76.2 Å². The van der Waals surface area contributed by atoms with Gasteiger partial charge < -0.3 is 18.6 Å². The zero-order chi connectivity index (χ0) is 21.6. The van der Waals surface area contributed by atoms with Crippen LogP contribution in [-0.4, -0.2) is 29.0 Å². The molecule has 0 saturated heterocycles. The minimum Gasteiger partial charge on any atom is -0.490 e. The van der Waals surface area contributed by atoms with Gasteiger partial charge in [-0.1, -0.05) is 48.1 Å². The summed E-state index contributed by atoms with van der Waals surface area (Å²) in [5, 5.41) is 12.7. The molecule has 1 unspecified atom stereocenters. The molecule has 0 bridgehead atoms. The van der Waals surface area contributed by atoms with Crippen LogP contribution in [0.2, 0.25) is 0 Å². The molecule has 158 valence electrons. The standard InChI is InChI=1S/C24H24N4O3/c1-4-14-29-20-12-10-18(11-13-20)15-28(3)16-21-25-26-24(30-21)22-17(2)31-27-23(22)19-8-6-5-7-9-19/h4-13H,1,14-16H2,2-3H3/p+1. The van der Waals surface area contributed by atoms with Crippen LogP contribution in [0.25, 0.3) is 22.7 Å². The van der Waals surface area contributed by atoms with E-state index >= 15 is 0 Å². The second-order valence-electron chi connectivity index (χ2n) is 7.38. The molecule has 0 spiro atoms. The Morgan fingerprint density at radius 2 is 1.81 bits per heavy atom. The van der Waals surface area contributed by atoms with Crippen molar-refractivity contribution in [2.45, 2.75) is 20.0 Å². The minimum atomic E-state index is 0.420. The number of aromatic nitrogens is 3. The van der Waals surface area contributed by atoms with Crippen molar-refractivity contribution >= 4 is 0 Å². The summed E-state index contributed by atoms with van der Waals surface area (Å²) in [5.41, 5.74) is 3.58. The smallest absolute Gasteiger partial charge is 0.271 e. The van der Waals surface area contributed by atoms with Gasteiger partial charge in [0.15, 0.2) is 6.54 Å². The van der Waals surface area contributed by atoms with Gasteiger partial charge in [0, 0.05) is 11.1 Å². The van der Waals surface area contributed by atoms with Gasteiger partial charge in [-0.3, -0.25) is 0 Å². The molecule has 4 aromatic rings. The lowest BCUT2D eigenvalue weighted by Gasteiger charge is -2.12. The van der Waals surface area contributed by atoms with Gasteiger partial charge in [-0.2, -0.15) is 0 Å². The lowest BCUT2D eigenvalue weighted by atomic mass is 10.1. The molecule has 1 atom stereocenters. The molecule has 0 saturated carbocycles. The first-order valence-electron chi connectivity index (χ1n) is 10.1. The monoisotopic (exact) mass is 417 g/mol. The summed E-state index contributed by atoms with van der Waals surface area (Å²) in [6.45, 7) is 7.43. The third-order valence-electron chi connectivity index (χ3n) is 4.84. The molecule has 0 aliphatic carbocycles. The summed E-state index contributed by atoms with van der Waals surface area (Å²) in [5.74, 6) is 2.47. The van der Waals surface area contributed by atoms with E-state index in [-0.39, 0.29) is 0 Å². The maximum atomic E-state index is 5.97. The predicted molar refractivity (Wildman–Crippen MR) is 116 cm³/mol. The lowest BCUT2D eigenvalue weighted by Crippen LogP contribution is -3.06. The van der Waals surface area contributed by atoms with E-state index in [9.17, 15) is 0 Å². The molecule has 1 N–H and O–H groups in total. The molecule has 2 aromatic heterocycles. The molecule has 0 aliphatic rings. The van der Waals surface area contributed by atoms with Crippen molar-refractivity contribution in [1.29, 1.82) is 0 Å². The van der Waals surface area contributed by atoms with Crippen LogP contribution in [0.1, 0.15) is 17.2 Å². The van der Waals surface area contributed by atoms with E-state index in [0.29, 0.717) is 36.4 Å². The van der Waals surface area contributed by atoms with E-state index < -0.39 is 0 Å². The van der Waals surface area contributed by atoms with Crippen LogP contribution in [0.5, 0.6) is 5.75 Å². The van der Waals surface area contributed by atoms with Crippen molar-refractivity contribution in [2.75, 3.05) is 13.7 Å². The maximum Gasteiger partial charge on any atom is 0.271 e. The Morgan fingerprint density at radius 3 is 2.55 bits per heavy atom. The third-order valence-corrected chi connectivity index (χ3v) is 4.84. The molecular formula is C24H25N4O3+. The van der Waals surface area contributed by atoms with E-state index in [1.165, 1.54) is 10.5 Å². The number of ether oxygens (including phenoxy) is 1. The van der Waals surface area contributed by atoms with Crippen LogP contribution >= 0.6 is 0 Å². The minimum absolute atomic E-state index is 0.420. The fourth-order valence-electron chi connectivity index (χ4n) is 3.37. The van der Waals surface area contributed by atoms with Crippen molar-refractivity contribution in [3.8, 4) is 28.5 Å². The highest BCUT2D eigenvalue weighted by molar-refractivity contribution is 5.77. The summed E-state index contributed by atoms with van der Waals surface area (Å²) in [6, 6.07) is 17.9. The van der Waals surface area contributed by atoms with Crippen molar-refractivity contribution in [3.05, 3.63) is 84.5 Å². The van der Waals surface area contributed by atoms with Crippen LogP contribution in [-0.2, 0) is 13.1 Å². The Morgan fingerprint density at radius 1 is 1.03 bits per heavy atom. The van der Waals surface area contributed by atoms with Crippen LogP contribution in [0.3, 0.4) is 0 Å². The van der Waals surface area contributed by atoms with Gasteiger partial charge in [-0.15, -0.1) is 10.2 Å².